The average molecular weight is 210 g/mol. The van der Waals surface area contributed by atoms with E-state index in [1.54, 1.807) is 0 Å². The third-order valence-electron chi connectivity index (χ3n) is 3.32. The quantitative estimate of drug-likeness (QED) is 0.678. The van der Waals surface area contributed by atoms with Crippen LogP contribution in [0.25, 0.3) is 11.1 Å². The highest BCUT2D eigenvalue weighted by molar-refractivity contribution is 5.66. The van der Waals surface area contributed by atoms with E-state index in [-0.39, 0.29) is 0 Å². The van der Waals surface area contributed by atoms with Crippen LogP contribution in [-0.2, 0) is 13.0 Å². The normalized spacial score (nSPS) is 17.4. The Kier molecular flexibility index (Phi) is 1.97. The fraction of sp³-hybridized carbons (Fsp3) is 0.333. The Balaban J connectivity index is 2.07. The van der Waals surface area contributed by atoms with Gasteiger partial charge >= 0.3 is 0 Å². The SMILES string of the molecule is CC1(C)Cc2c(-c3ccccc3)c[c]n2C1. The Morgan fingerprint density at radius 3 is 2.69 bits per heavy atom. The van der Waals surface area contributed by atoms with Crippen LogP contribution < -0.4 is 0 Å². The molecule has 2 aromatic rings. The van der Waals surface area contributed by atoms with Gasteiger partial charge in [-0.3, -0.25) is 0 Å². The van der Waals surface area contributed by atoms with Gasteiger partial charge in [-0.15, -0.1) is 0 Å². The van der Waals surface area contributed by atoms with Gasteiger partial charge in [0.25, 0.3) is 0 Å². The van der Waals surface area contributed by atoms with Gasteiger partial charge in [-0.25, -0.2) is 0 Å². The molecular weight excluding hydrogens is 194 g/mol. The predicted molar refractivity (Wildman–Crippen MR) is 66.2 cm³/mol. The van der Waals surface area contributed by atoms with E-state index in [1.807, 2.05) is 0 Å². The number of rotatable bonds is 1. The lowest BCUT2D eigenvalue weighted by Gasteiger charge is -2.14. The molecule has 0 saturated heterocycles. The van der Waals surface area contributed by atoms with Gasteiger partial charge in [0.15, 0.2) is 0 Å². The van der Waals surface area contributed by atoms with Crippen molar-refractivity contribution in [2.24, 2.45) is 5.41 Å². The van der Waals surface area contributed by atoms with Gasteiger partial charge in [0.2, 0.25) is 0 Å². The van der Waals surface area contributed by atoms with Gasteiger partial charge in [0, 0.05) is 17.8 Å². The molecule has 1 aliphatic rings. The first-order valence-corrected chi connectivity index (χ1v) is 5.81. The zero-order valence-corrected chi connectivity index (χ0v) is 9.83. The molecule has 0 atom stereocenters. The smallest absolute Gasteiger partial charge is 0.0657 e. The van der Waals surface area contributed by atoms with E-state index in [9.17, 15) is 0 Å². The number of fused-ring (bicyclic) bond motifs is 1. The van der Waals surface area contributed by atoms with Gasteiger partial charge in [-0.05, 0) is 23.5 Å². The van der Waals surface area contributed by atoms with Crippen LogP contribution >= 0.6 is 0 Å². The molecule has 3 rings (SSSR count). The second-order valence-electron chi connectivity index (χ2n) is 5.43. The molecule has 1 aliphatic heterocycles. The van der Waals surface area contributed by atoms with E-state index in [4.69, 9.17) is 0 Å². The van der Waals surface area contributed by atoms with Crippen molar-refractivity contribution in [2.45, 2.75) is 26.8 Å². The van der Waals surface area contributed by atoms with Gasteiger partial charge in [-0.2, -0.15) is 0 Å². The summed E-state index contributed by atoms with van der Waals surface area (Å²) in [5.41, 5.74) is 4.49. The molecule has 1 heteroatoms. The first kappa shape index (κ1) is 9.71. The maximum atomic E-state index is 3.36. The van der Waals surface area contributed by atoms with Crippen LogP contribution in [0.4, 0.5) is 0 Å². The molecular formula is C15H16N. The Bertz CT molecular complexity index is 505. The lowest BCUT2D eigenvalue weighted by molar-refractivity contribution is 0.358. The Morgan fingerprint density at radius 2 is 1.94 bits per heavy atom. The molecule has 2 heterocycles. The fourth-order valence-corrected chi connectivity index (χ4v) is 2.59. The minimum absolute atomic E-state index is 0.386. The summed E-state index contributed by atoms with van der Waals surface area (Å²) in [4.78, 5) is 0. The fourth-order valence-electron chi connectivity index (χ4n) is 2.59. The van der Waals surface area contributed by atoms with Crippen molar-refractivity contribution in [1.29, 1.82) is 0 Å². The summed E-state index contributed by atoms with van der Waals surface area (Å²) >= 11 is 0. The second-order valence-corrected chi connectivity index (χ2v) is 5.43. The zero-order valence-electron chi connectivity index (χ0n) is 9.83. The van der Waals surface area contributed by atoms with Crippen LogP contribution in [-0.4, -0.2) is 4.57 Å². The van der Waals surface area contributed by atoms with Crippen molar-refractivity contribution < 1.29 is 0 Å². The van der Waals surface area contributed by atoms with E-state index >= 15 is 0 Å². The van der Waals surface area contributed by atoms with Crippen LogP contribution in [0.3, 0.4) is 0 Å². The highest BCUT2D eigenvalue weighted by Crippen LogP contribution is 2.37. The van der Waals surface area contributed by atoms with Crippen molar-refractivity contribution in [2.75, 3.05) is 0 Å². The minimum atomic E-state index is 0.386. The number of aromatic nitrogens is 1. The molecule has 81 valence electrons. The lowest BCUT2D eigenvalue weighted by atomic mass is 9.89. The van der Waals surface area contributed by atoms with Crippen molar-refractivity contribution in [3.05, 3.63) is 48.3 Å². The summed E-state index contributed by atoms with van der Waals surface area (Å²) in [6, 6.07) is 12.7. The van der Waals surface area contributed by atoms with Gasteiger partial charge in [0.05, 0.1) is 6.20 Å². The third-order valence-corrected chi connectivity index (χ3v) is 3.32. The molecule has 0 spiro atoms. The standard InChI is InChI=1S/C15H16N/c1-15(2)10-14-13(8-9-16(14)11-15)12-6-4-3-5-7-12/h3-8H,10-11H2,1-2H3. The van der Waals surface area contributed by atoms with Gasteiger partial charge in [0.1, 0.15) is 0 Å². The summed E-state index contributed by atoms with van der Waals surface area (Å²) in [7, 11) is 0. The van der Waals surface area contributed by atoms with Gasteiger partial charge < -0.3 is 4.57 Å². The molecule has 1 radical (unpaired) electrons. The monoisotopic (exact) mass is 210 g/mol. The second kappa shape index (κ2) is 3.24. The third kappa shape index (κ3) is 1.47. The Labute approximate surface area is 96.7 Å². The van der Waals surface area contributed by atoms with E-state index in [0.717, 1.165) is 13.0 Å². The van der Waals surface area contributed by atoms with Crippen molar-refractivity contribution in [3.63, 3.8) is 0 Å². The van der Waals surface area contributed by atoms with E-state index in [0.29, 0.717) is 5.41 Å². The largest absolute Gasteiger partial charge is 0.342 e. The molecule has 1 aromatic carbocycles. The highest BCUT2D eigenvalue weighted by atomic mass is 15.0. The van der Waals surface area contributed by atoms with Crippen molar-refractivity contribution in [1.82, 2.24) is 4.57 Å². The summed E-state index contributed by atoms with van der Waals surface area (Å²) in [5, 5.41) is 0. The maximum Gasteiger partial charge on any atom is 0.0657 e. The summed E-state index contributed by atoms with van der Waals surface area (Å²) < 4.78 is 2.28. The Hall–Kier alpha value is -1.50. The number of nitrogens with zero attached hydrogens (tertiary/aromatic N) is 1. The van der Waals surface area contributed by atoms with Crippen LogP contribution in [0.5, 0.6) is 0 Å². The molecule has 0 aliphatic carbocycles. The molecule has 0 fully saturated rings. The maximum absolute atomic E-state index is 3.36. The van der Waals surface area contributed by atoms with E-state index < -0.39 is 0 Å². The van der Waals surface area contributed by atoms with Crippen molar-refractivity contribution in [3.8, 4) is 11.1 Å². The summed E-state index contributed by atoms with van der Waals surface area (Å²) in [6.45, 7) is 5.74. The predicted octanol–water partition coefficient (Wildman–Crippen LogP) is 3.54. The van der Waals surface area contributed by atoms with Crippen LogP contribution in [0.15, 0.2) is 36.4 Å². The molecule has 0 bridgehead atoms. The molecule has 16 heavy (non-hydrogen) atoms. The number of hydrogen-bond donors (Lipinski definition) is 0. The van der Waals surface area contributed by atoms with Gasteiger partial charge in [-0.1, -0.05) is 44.2 Å². The van der Waals surface area contributed by atoms with E-state index in [1.165, 1.54) is 16.8 Å². The lowest BCUT2D eigenvalue weighted by Crippen LogP contribution is -2.11. The minimum Gasteiger partial charge on any atom is -0.342 e. The molecule has 1 aromatic heterocycles. The number of hydrogen-bond acceptors (Lipinski definition) is 0. The average Bonchev–Trinajstić information content (AvgIpc) is 2.74. The molecule has 1 nitrogen and oxygen atoms in total. The van der Waals surface area contributed by atoms with Crippen LogP contribution in [0, 0.1) is 11.6 Å². The van der Waals surface area contributed by atoms with Crippen LogP contribution in [0.1, 0.15) is 19.5 Å². The first-order valence-electron chi connectivity index (χ1n) is 5.81. The topological polar surface area (TPSA) is 4.93 Å². The van der Waals surface area contributed by atoms with Crippen LogP contribution in [0.2, 0.25) is 0 Å². The van der Waals surface area contributed by atoms with E-state index in [2.05, 4.69) is 61.0 Å². The summed E-state index contributed by atoms with van der Waals surface area (Å²) in [5.74, 6) is 0. The first-order chi connectivity index (χ1) is 7.66. The molecule has 0 amide bonds. The highest BCUT2D eigenvalue weighted by Gasteiger charge is 2.30. The Morgan fingerprint density at radius 1 is 1.19 bits per heavy atom. The number of benzene rings is 1. The molecule has 0 saturated carbocycles. The zero-order chi connectivity index (χ0) is 11.2. The molecule has 0 unspecified atom stereocenters. The van der Waals surface area contributed by atoms with Crippen molar-refractivity contribution >= 4 is 0 Å². The summed E-state index contributed by atoms with van der Waals surface area (Å²) in [6.07, 6.45) is 4.51. The molecule has 0 N–H and O–H groups in total.